The molecule has 0 amide bonds. The van der Waals surface area contributed by atoms with E-state index < -0.39 is 14.7 Å². The molecule has 0 saturated heterocycles. The van der Waals surface area contributed by atoms with Crippen LogP contribution in [-0.2, 0) is 0 Å². The van der Waals surface area contributed by atoms with Gasteiger partial charge in [0.1, 0.15) is 0 Å². The molecule has 0 nitrogen and oxygen atoms in total. The molecule has 4 rings (SSSR count). The maximum absolute atomic E-state index is 2.33. The summed E-state index contributed by atoms with van der Waals surface area (Å²) in [5.41, 5.74) is 0. The van der Waals surface area contributed by atoms with Gasteiger partial charge in [-0.1, -0.05) is 0 Å². The number of hydrogen-bond acceptors (Lipinski definition) is 0. The van der Waals surface area contributed by atoms with Gasteiger partial charge in [-0.25, -0.2) is 0 Å². The van der Waals surface area contributed by atoms with Gasteiger partial charge in [0, 0.05) is 0 Å². The normalized spacial score (nSPS) is 11.0. The first-order valence-electron chi connectivity index (χ1n) is 9.17. The predicted molar refractivity (Wildman–Crippen MR) is 122 cm³/mol. The third-order valence-electron chi connectivity index (χ3n) is 4.55. The Hall–Kier alpha value is -2.13. The van der Waals surface area contributed by atoms with Crippen molar-refractivity contribution in [1.29, 1.82) is 0 Å². The first kappa shape index (κ1) is 18.2. The SMILES string of the molecule is c1ccc(P(C[As](c2ccccc2)c2ccccc2)c2ccccc2)cc1. The molecule has 0 aliphatic heterocycles. The van der Waals surface area contributed by atoms with Gasteiger partial charge < -0.3 is 0 Å². The summed E-state index contributed by atoms with van der Waals surface area (Å²) in [7, 11) is -0.373. The van der Waals surface area contributed by atoms with Gasteiger partial charge in [-0.15, -0.1) is 0 Å². The summed E-state index contributed by atoms with van der Waals surface area (Å²) in [5, 5.41) is 2.95. The molecule has 2 heteroatoms. The zero-order valence-electron chi connectivity index (χ0n) is 15.1. The van der Waals surface area contributed by atoms with Crippen molar-refractivity contribution < 1.29 is 0 Å². The summed E-state index contributed by atoms with van der Waals surface area (Å²) < 4.78 is 3.08. The predicted octanol–water partition coefficient (Wildman–Crippen LogP) is 3.97. The van der Waals surface area contributed by atoms with E-state index in [1.807, 2.05) is 0 Å². The van der Waals surface area contributed by atoms with Gasteiger partial charge in [-0.05, 0) is 0 Å². The fraction of sp³-hybridized carbons (Fsp3) is 0.0400. The molecule has 4 aromatic carbocycles. The van der Waals surface area contributed by atoms with Crippen LogP contribution in [0.15, 0.2) is 121 Å². The summed E-state index contributed by atoms with van der Waals surface area (Å²) in [6.07, 6.45) is 0. The molecule has 0 saturated carbocycles. The second-order valence-electron chi connectivity index (χ2n) is 6.34. The van der Waals surface area contributed by atoms with E-state index in [1.54, 1.807) is 0 Å². The average Bonchev–Trinajstić information content (AvgIpc) is 2.77. The molecule has 0 aliphatic rings. The van der Waals surface area contributed by atoms with Crippen LogP contribution in [0.4, 0.5) is 0 Å². The van der Waals surface area contributed by atoms with Crippen molar-refractivity contribution in [3.8, 4) is 0 Å². The van der Waals surface area contributed by atoms with Crippen molar-refractivity contribution in [1.82, 2.24) is 0 Å². The molecule has 0 unspecified atom stereocenters. The topological polar surface area (TPSA) is 0 Å². The zero-order chi connectivity index (χ0) is 18.3. The quantitative estimate of drug-likeness (QED) is 0.322. The van der Waals surface area contributed by atoms with Crippen LogP contribution in [0, 0.1) is 0 Å². The molecule has 0 aromatic heterocycles. The summed E-state index contributed by atoms with van der Waals surface area (Å²) in [6, 6.07) is 44.5. The monoisotopic (exact) mass is 428 g/mol. The third-order valence-corrected chi connectivity index (χ3v) is 14.4. The second kappa shape index (κ2) is 9.18. The van der Waals surface area contributed by atoms with Crippen LogP contribution in [0.5, 0.6) is 0 Å². The van der Waals surface area contributed by atoms with E-state index in [0.29, 0.717) is 0 Å². The van der Waals surface area contributed by atoms with Crippen molar-refractivity contribution >= 4 is 41.9 Å². The Labute approximate surface area is 167 Å². The van der Waals surface area contributed by atoms with Crippen LogP contribution >= 0.6 is 7.92 Å². The van der Waals surface area contributed by atoms with Crippen molar-refractivity contribution in [3.63, 3.8) is 0 Å². The molecule has 0 bridgehead atoms. The molecule has 0 heterocycles. The van der Waals surface area contributed by atoms with E-state index in [1.165, 1.54) is 24.3 Å². The first-order chi connectivity index (χ1) is 13.4. The van der Waals surface area contributed by atoms with Crippen LogP contribution in [0.3, 0.4) is 0 Å². The Morgan fingerprint density at radius 1 is 0.444 bits per heavy atom. The first-order valence-corrected chi connectivity index (χ1v) is 13.9. The molecule has 0 radical (unpaired) electrons. The number of hydrogen-bond donors (Lipinski definition) is 0. The minimum atomic E-state index is -1.40. The Bertz CT molecular complexity index is 780. The fourth-order valence-electron chi connectivity index (χ4n) is 3.20. The van der Waals surface area contributed by atoms with Gasteiger partial charge in [0.05, 0.1) is 0 Å². The molecule has 0 spiro atoms. The standard InChI is InChI=1S/C25H22AsP/c1-5-13-22(14-6-1)26(23-15-7-2-8-16-23)21-27(24-17-9-3-10-18-24)25-19-11-4-12-20-25/h1-20H,21H2. The summed E-state index contributed by atoms with van der Waals surface area (Å²) in [5.74, 6) is 0. The Kier molecular flexibility index (Phi) is 6.20. The molecule has 0 atom stereocenters. The van der Waals surface area contributed by atoms with Crippen LogP contribution in [0.1, 0.15) is 0 Å². The number of rotatable bonds is 6. The maximum atomic E-state index is 2.33. The Morgan fingerprint density at radius 3 is 1.15 bits per heavy atom. The molecule has 0 aliphatic carbocycles. The van der Waals surface area contributed by atoms with E-state index in [-0.39, 0.29) is 7.92 Å². The zero-order valence-corrected chi connectivity index (χ0v) is 17.9. The molecular formula is C25H22AsP. The van der Waals surface area contributed by atoms with Gasteiger partial charge >= 0.3 is 168 Å². The van der Waals surface area contributed by atoms with Gasteiger partial charge in [0.15, 0.2) is 0 Å². The fourth-order valence-corrected chi connectivity index (χ4v) is 14.2. The van der Waals surface area contributed by atoms with E-state index >= 15 is 0 Å². The molecule has 4 aromatic rings. The van der Waals surface area contributed by atoms with Gasteiger partial charge in [-0.2, -0.15) is 0 Å². The van der Waals surface area contributed by atoms with Crippen LogP contribution in [0.25, 0.3) is 0 Å². The van der Waals surface area contributed by atoms with Gasteiger partial charge in [0.25, 0.3) is 0 Å². The van der Waals surface area contributed by atoms with E-state index in [9.17, 15) is 0 Å². The molecule has 0 fully saturated rings. The van der Waals surface area contributed by atoms with Crippen LogP contribution < -0.4 is 19.3 Å². The third kappa shape index (κ3) is 4.59. The molecule has 132 valence electrons. The van der Waals surface area contributed by atoms with E-state index in [0.717, 1.165) is 0 Å². The van der Waals surface area contributed by atoms with Crippen molar-refractivity contribution in [2.75, 3.05) is 4.95 Å². The van der Waals surface area contributed by atoms with Crippen molar-refractivity contribution in [2.24, 2.45) is 0 Å². The van der Waals surface area contributed by atoms with Gasteiger partial charge in [0.2, 0.25) is 0 Å². The van der Waals surface area contributed by atoms with Crippen molar-refractivity contribution in [3.05, 3.63) is 121 Å². The Balaban J connectivity index is 1.77. The van der Waals surface area contributed by atoms with Crippen LogP contribution in [0.2, 0.25) is 0 Å². The summed E-state index contributed by atoms with van der Waals surface area (Å²) in [6.45, 7) is 0. The summed E-state index contributed by atoms with van der Waals surface area (Å²) in [4.78, 5) is 1.25. The minimum absolute atomic E-state index is 0.373. The van der Waals surface area contributed by atoms with Crippen molar-refractivity contribution in [2.45, 2.75) is 0 Å². The average molecular weight is 428 g/mol. The van der Waals surface area contributed by atoms with Gasteiger partial charge in [-0.3, -0.25) is 0 Å². The number of benzene rings is 4. The van der Waals surface area contributed by atoms with E-state index in [2.05, 4.69) is 121 Å². The van der Waals surface area contributed by atoms with E-state index in [4.69, 9.17) is 0 Å². The molecular weight excluding hydrogens is 406 g/mol. The Morgan fingerprint density at radius 2 is 0.778 bits per heavy atom. The summed E-state index contributed by atoms with van der Waals surface area (Å²) >= 11 is -1.40. The molecule has 0 N–H and O–H groups in total. The molecule has 27 heavy (non-hydrogen) atoms. The van der Waals surface area contributed by atoms with Crippen LogP contribution in [-0.4, -0.2) is 19.6 Å². The second-order valence-corrected chi connectivity index (χ2v) is 14.3.